The summed E-state index contributed by atoms with van der Waals surface area (Å²) in [5, 5.41) is 6.67. The minimum absolute atomic E-state index is 0.0573. The van der Waals surface area contributed by atoms with Crippen molar-refractivity contribution in [2.24, 2.45) is 7.05 Å². The van der Waals surface area contributed by atoms with Crippen LogP contribution in [0, 0.1) is 6.92 Å². The number of aromatic nitrogens is 2. The molecule has 2 aromatic carbocycles. The molecule has 0 atom stereocenters. The van der Waals surface area contributed by atoms with Gasteiger partial charge < -0.3 is 5.32 Å². The first-order valence-electron chi connectivity index (χ1n) is 8.57. The third-order valence-corrected chi connectivity index (χ3v) is 7.01. The van der Waals surface area contributed by atoms with Crippen molar-refractivity contribution in [1.29, 1.82) is 0 Å². The standard InChI is InChI=1S/C19H17FI2N4O3S/c1-12-10-14(24-18(27)16-8-9-23-26(16)2)6-7-17(12)30(28,29)25-15-5-3-4-13(11-15)19(20,21)22/h3-11,25H,1-2H3,(H,24,27). The van der Waals surface area contributed by atoms with Crippen molar-refractivity contribution in [1.82, 2.24) is 9.78 Å². The number of carbonyl (C=O) groups excluding carboxylic acids is 1. The van der Waals surface area contributed by atoms with Crippen LogP contribution in [0.1, 0.15) is 21.6 Å². The molecule has 1 heterocycles. The van der Waals surface area contributed by atoms with Crippen LogP contribution in [-0.2, 0) is 18.8 Å². The van der Waals surface area contributed by atoms with Gasteiger partial charge in [-0.15, -0.1) is 0 Å². The Labute approximate surface area is 200 Å². The van der Waals surface area contributed by atoms with Crippen molar-refractivity contribution < 1.29 is 17.6 Å². The minimum atomic E-state index is -3.91. The van der Waals surface area contributed by atoms with Gasteiger partial charge in [0.05, 0.1) is 4.90 Å². The molecular formula is C19H17FI2N4O3S. The van der Waals surface area contributed by atoms with E-state index in [2.05, 4.69) is 15.1 Å². The maximum Gasteiger partial charge on any atom is 0.273 e. The first kappa shape index (κ1) is 22.9. The van der Waals surface area contributed by atoms with Crippen molar-refractivity contribution in [3.05, 3.63) is 71.5 Å². The summed E-state index contributed by atoms with van der Waals surface area (Å²) in [6, 6.07) is 12.2. The molecule has 0 saturated carbocycles. The Balaban J connectivity index is 1.82. The van der Waals surface area contributed by atoms with Crippen LogP contribution in [0.3, 0.4) is 0 Å². The largest absolute Gasteiger partial charge is 0.321 e. The molecule has 0 unspecified atom stereocenters. The number of hydrogen-bond acceptors (Lipinski definition) is 4. The number of benzene rings is 2. The van der Waals surface area contributed by atoms with E-state index < -0.39 is 11.7 Å². The molecule has 1 aromatic heterocycles. The Hall–Kier alpha value is -1.74. The van der Waals surface area contributed by atoms with Gasteiger partial charge in [-0.2, -0.15) is 5.10 Å². The molecule has 158 valence electrons. The highest BCUT2D eigenvalue weighted by molar-refractivity contribution is 14.2. The number of hydrogen-bond donors (Lipinski definition) is 2. The molecular weight excluding hydrogens is 637 g/mol. The SMILES string of the molecule is Cc1cc(NC(=O)c2ccnn2C)ccc1S(=O)(=O)Nc1cccc(C(F)(I)I)c1. The zero-order valence-electron chi connectivity index (χ0n) is 15.9. The Bertz CT molecular complexity index is 1210. The fraction of sp³-hybridized carbons (Fsp3) is 0.158. The summed E-state index contributed by atoms with van der Waals surface area (Å²) in [6.07, 6.45) is 1.51. The summed E-state index contributed by atoms with van der Waals surface area (Å²) in [6.45, 7) is 1.63. The fourth-order valence-electron chi connectivity index (χ4n) is 2.79. The van der Waals surface area contributed by atoms with Crippen molar-refractivity contribution in [2.45, 2.75) is 13.5 Å². The van der Waals surface area contributed by atoms with Gasteiger partial charge in [-0.1, -0.05) is 12.1 Å². The molecule has 3 rings (SSSR count). The van der Waals surface area contributed by atoms with Crippen molar-refractivity contribution >= 4 is 72.5 Å². The molecule has 7 nitrogen and oxygen atoms in total. The van der Waals surface area contributed by atoms with E-state index in [0.29, 0.717) is 22.5 Å². The molecule has 0 saturated heterocycles. The summed E-state index contributed by atoms with van der Waals surface area (Å²) in [5.74, 6) is -0.354. The predicted octanol–water partition coefficient (Wildman–Crippen LogP) is 4.73. The third-order valence-electron chi connectivity index (χ3n) is 4.22. The lowest BCUT2D eigenvalue weighted by atomic mass is 10.2. The third kappa shape index (κ3) is 5.29. The number of aryl methyl sites for hydroxylation is 2. The monoisotopic (exact) mass is 654 g/mol. The second-order valence-electron chi connectivity index (χ2n) is 6.46. The lowest BCUT2D eigenvalue weighted by Gasteiger charge is -2.15. The summed E-state index contributed by atoms with van der Waals surface area (Å²) < 4.78 is 42.1. The van der Waals surface area contributed by atoms with Crippen molar-refractivity contribution in [2.75, 3.05) is 10.0 Å². The summed E-state index contributed by atoms with van der Waals surface area (Å²) in [5.41, 5.74) is 1.88. The first-order chi connectivity index (χ1) is 14.0. The van der Waals surface area contributed by atoms with Gasteiger partial charge in [0.2, 0.25) is 1.68 Å². The van der Waals surface area contributed by atoms with Crippen LogP contribution >= 0.6 is 45.2 Å². The van der Waals surface area contributed by atoms with Crippen LogP contribution in [0.15, 0.2) is 59.6 Å². The topological polar surface area (TPSA) is 93.1 Å². The van der Waals surface area contributed by atoms with Crippen LogP contribution in [0.4, 0.5) is 15.8 Å². The minimum Gasteiger partial charge on any atom is -0.321 e. The molecule has 0 aliphatic rings. The normalized spacial score (nSPS) is 11.9. The van der Waals surface area contributed by atoms with E-state index in [0.717, 1.165) is 0 Å². The van der Waals surface area contributed by atoms with Crippen LogP contribution in [0.5, 0.6) is 0 Å². The average Bonchev–Trinajstić information content (AvgIpc) is 3.07. The number of anilines is 2. The highest BCUT2D eigenvalue weighted by Crippen LogP contribution is 2.41. The Morgan fingerprint density at radius 1 is 1.13 bits per heavy atom. The molecule has 0 fully saturated rings. The number of sulfonamides is 1. The number of carbonyl (C=O) groups is 1. The number of halogens is 3. The molecule has 0 bridgehead atoms. The lowest BCUT2D eigenvalue weighted by molar-refractivity contribution is 0.101. The number of amides is 1. The number of nitrogens with one attached hydrogen (secondary N) is 2. The smallest absolute Gasteiger partial charge is 0.273 e. The number of alkyl halides is 3. The highest BCUT2D eigenvalue weighted by Gasteiger charge is 2.25. The molecule has 11 heteroatoms. The Kier molecular flexibility index (Phi) is 6.72. The van der Waals surface area contributed by atoms with Gasteiger partial charge in [-0.25, -0.2) is 12.8 Å². The quantitative estimate of drug-likeness (QED) is 0.297. The average molecular weight is 654 g/mol. The summed E-state index contributed by atoms with van der Waals surface area (Å²) in [7, 11) is -2.25. The van der Waals surface area contributed by atoms with E-state index in [9.17, 15) is 17.6 Å². The molecule has 0 aliphatic heterocycles. The summed E-state index contributed by atoms with van der Waals surface area (Å²) in [4.78, 5) is 12.4. The zero-order chi connectivity index (χ0) is 22.1. The van der Waals surface area contributed by atoms with Crippen LogP contribution in [0.25, 0.3) is 0 Å². The predicted molar refractivity (Wildman–Crippen MR) is 130 cm³/mol. The van der Waals surface area contributed by atoms with Crippen molar-refractivity contribution in [3.8, 4) is 0 Å². The second kappa shape index (κ2) is 8.78. The maximum atomic E-state index is 14.2. The van der Waals surface area contributed by atoms with E-state index in [4.69, 9.17) is 0 Å². The number of rotatable bonds is 6. The van der Waals surface area contributed by atoms with Gasteiger partial charge in [-0.05, 0) is 94.1 Å². The molecule has 0 radical (unpaired) electrons. The second-order valence-corrected chi connectivity index (χ2v) is 13.1. The lowest BCUT2D eigenvalue weighted by Crippen LogP contribution is -2.17. The molecule has 3 aromatic rings. The van der Waals surface area contributed by atoms with Gasteiger partial charge in [0, 0.05) is 30.2 Å². The van der Waals surface area contributed by atoms with E-state index >= 15 is 0 Å². The van der Waals surface area contributed by atoms with E-state index in [-0.39, 0.29) is 16.5 Å². The molecule has 0 spiro atoms. The van der Waals surface area contributed by atoms with Gasteiger partial charge in [0.25, 0.3) is 15.9 Å². The molecule has 2 N–H and O–H groups in total. The van der Waals surface area contributed by atoms with Gasteiger partial charge in [0.1, 0.15) is 5.69 Å². The van der Waals surface area contributed by atoms with Gasteiger partial charge >= 0.3 is 0 Å². The van der Waals surface area contributed by atoms with E-state index in [1.807, 2.05) is 0 Å². The fourth-order valence-corrected chi connectivity index (χ4v) is 4.74. The van der Waals surface area contributed by atoms with Crippen LogP contribution in [-0.4, -0.2) is 24.1 Å². The van der Waals surface area contributed by atoms with Gasteiger partial charge in [0.15, 0.2) is 0 Å². The Morgan fingerprint density at radius 2 is 1.87 bits per heavy atom. The van der Waals surface area contributed by atoms with Crippen molar-refractivity contribution in [3.63, 3.8) is 0 Å². The highest BCUT2D eigenvalue weighted by atomic mass is 127. The van der Waals surface area contributed by atoms with Crippen LogP contribution in [0.2, 0.25) is 0 Å². The van der Waals surface area contributed by atoms with Crippen LogP contribution < -0.4 is 10.0 Å². The van der Waals surface area contributed by atoms with E-state index in [1.54, 1.807) is 89.5 Å². The zero-order valence-corrected chi connectivity index (χ0v) is 21.0. The maximum absolute atomic E-state index is 14.2. The number of nitrogens with zero attached hydrogens (tertiary/aromatic N) is 2. The molecule has 0 aliphatic carbocycles. The molecule has 30 heavy (non-hydrogen) atoms. The molecule has 1 amide bonds. The summed E-state index contributed by atoms with van der Waals surface area (Å²) >= 11 is 3.27. The Morgan fingerprint density at radius 3 is 2.47 bits per heavy atom. The van der Waals surface area contributed by atoms with Gasteiger partial charge in [-0.3, -0.25) is 14.2 Å². The first-order valence-corrected chi connectivity index (χ1v) is 12.2. The van der Waals surface area contributed by atoms with E-state index in [1.165, 1.54) is 29.1 Å².